The zero-order chi connectivity index (χ0) is 60.1. The highest BCUT2D eigenvalue weighted by Gasteiger charge is 2.26. The molecule has 0 radical (unpaired) electrons. The van der Waals surface area contributed by atoms with E-state index in [0.29, 0.717) is 99.4 Å². The number of nitro groups is 4. The van der Waals surface area contributed by atoms with E-state index >= 15 is 0 Å². The fraction of sp³-hybridized carbons (Fsp3) is 0.442. The Labute approximate surface area is 514 Å². The van der Waals surface area contributed by atoms with Gasteiger partial charge in [0.1, 0.15) is 28.8 Å². The molecule has 8 heterocycles. The van der Waals surface area contributed by atoms with Crippen LogP contribution >= 0.6 is 115 Å². The van der Waals surface area contributed by atoms with Crippen LogP contribution < -0.4 is 5.32 Å². The number of hydrogen-bond acceptors (Lipinski definition) is 22. The van der Waals surface area contributed by atoms with Gasteiger partial charge in [0.25, 0.3) is 18.1 Å². The molecule has 0 bridgehead atoms. The molecule has 1 N–H and O–H groups in total. The van der Waals surface area contributed by atoms with Crippen molar-refractivity contribution in [3.8, 4) is 6.19 Å². The van der Waals surface area contributed by atoms with Crippen LogP contribution in [0.1, 0.15) is 65.1 Å². The van der Waals surface area contributed by atoms with Crippen LogP contribution in [0.5, 0.6) is 0 Å². The van der Waals surface area contributed by atoms with Crippen molar-refractivity contribution >= 4 is 138 Å². The Morgan fingerprint density at radius 1 is 0.756 bits per heavy atom. The summed E-state index contributed by atoms with van der Waals surface area (Å²) in [5, 5.41) is 62.0. The Hall–Kier alpha value is -6.26. The van der Waals surface area contributed by atoms with Crippen molar-refractivity contribution in [1.82, 2.24) is 54.7 Å². The van der Waals surface area contributed by atoms with Crippen LogP contribution in [0.25, 0.3) is 0 Å². The first-order valence-corrected chi connectivity index (χ1v) is 30.0. The van der Waals surface area contributed by atoms with Gasteiger partial charge in [-0.3, -0.25) is 10.1 Å². The van der Waals surface area contributed by atoms with Gasteiger partial charge in [0.2, 0.25) is 6.19 Å². The number of aryl methyl sites for hydroxylation is 1. The third-order valence-corrected chi connectivity index (χ3v) is 16.2. The number of nitrogens with one attached hydrogen (secondary N) is 1. The Morgan fingerprint density at radius 3 is 1.85 bits per heavy atom. The number of thioether (sulfide) groups is 1. The summed E-state index contributed by atoms with van der Waals surface area (Å²) in [6.07, 6.45) is 13.8. The first-order valence-electron chi connectivity index (χ1n) is 23.8. The van der Waals surface area contributed by atoms with E-state index in [2.05, 4.69) is 55.4 Å². The van der Waals surface area contributed by atoms with Gasteiger partial charge in [0.15, 0.2) is 38.1 Å². The lowest BCUT2D eigenvalue weighted by molar-refractivity contribution is -0.486. The maximum atomic E-state index is 10.5. The van der Waals surface area contributed by atoms with Gasteiger partial charge < -0.3 is 34.6 Å². The Balaban J connectivity index is 0.000000221. The van der Waals surface area contributed by atoms with Crippen molar-refractivity contribution in [3.05, 3.63) is 144 Å². The highest BCUT2D eigenvalue weighted by atomic mass is 35.5. The van der Waals surface area contributed by atoms with Crippen molar-refractivity contribution in [2.45, 2.75) is 72.6 Å². The molecule has 82 heavy (non-hydrogen) atoms. The number of nitriles is 1. The average Bonchev–Trinajstić information content (AvgIpc) is 4.38. The molecule has 0 spiro atoms. The summed E-state index contributed by atoms with van der Waals surface area (Å²) in [6, 6.07) is 3.70. The summed E-state index contributed by atoms with van der Waals surface area (Å²) >= 11 is 35.6. The number of hydrogen-bond donors (Lipinski definition) is 1. The fourth-order valence-electron chi connectivity index (χ4n) is 6.92. The highest BCUT2D eigenvalue weighted by Crippen LogP contribution is 2.25. The minimum atomic E-state index is -0.718. The minimum Gasteiger partial charge on any atom is -0.365 e. The second-order valence-electron chi connectivity index (χ2n) is 16.1. The molecule has 0 saturated carbocycles. The van der Waals surface area contributed by atoms with Gasteiger partial charge in [-0.2, -0.15) is 5.26 Å². The van der Waals surface area contributed by atoms with Crippen molar-refractivity contribution < 1.29 is 24.8 Å². The number of rotatable bonds is 19. The standard InChI is InChI=1S/C10H9ClN4S.C10H14ClN3O2S.C8H10ClN5O3S.C8H10ClN3O2S.C7H8ClN5O2S/c11-9-2-1-8(5-13-9)6-15-3-4-16-10(15)14-7-12;1-3-8(6-14(15)16)13(4-2)7-9-5-12-10(11)17-9;1-12-4-17-5-13(8(12)11-14(15)16)3-6-2-10-7(9)18-6;1-2-6(11-12(13)14)3-4-7-5-10-8(9)15-7;8-6-10-3-5(16-6)4-12-2-1-9-7(12)11-13(14)15/h1-2,5H,3-4,6H2;5-6H,3-4,7H2,1-2H3;2H,3-5H2,1H3;5H,2-4H2,1H3;3H,1-2,4H2,(H,9,11). The lowest BCUT2D eigenvalue weighted by Gasteiger charge is -2.34. The number of halogens is 5. The Bertz CT molecular complexity index is 3090. The maximum Gasteiger partial charge on any atom is 0.277 e. The van der Waals surface area contributed by atoms with Gasteiger partial charge in [0.05, 0.1) is 41.1 Å². The van der Waals surface area contributed by atoms with E-state index in [1.165, 1.54) is 45.3 Å². The number of nitrogens with zero attached hydrogens (tertiary/aromatic N) is 19. The number of amidine groups is 1. The lowest BCUT2D eigenvalue weighted by atomic mass is 10.1. The summed E-state index contributed by atoms with van der Waals surface area (Å²) in [5.74, 6) is 1.52. The zero-order valence-electron chi connectivity index (χ0n) is 43.8. The second-order valence-corrected chi connectivity index (χ2v) is 24.3. The summed E-state index contributed by atoms with van der Waals surface area (Å²) in [4.78, 5) is 77.4. The van der Waals surface area contributed by atoms with Gasteiger partial charge in [-0.25, -0.2) is 55.3 Å². The van der Waals surface area contributed by atoms with E-state index in [4.69, 9.17) is 68.0 Å². The quantitative estimate of drug-likeness (QED) is 0.0264. The first-order chi connectivity index (χ1) is 39.2. The molecule has 0 amide bonds. The molecule has 0 unspecified atom stereocenters. The molecule has 39 heteroatoms. The molecule has 5 aromatic heterocycles. The van der Waals surface area contributed by atoms with Crippen LogP contribution in [0.15, 0.2) is 75.3 Å². The number of aromatic nitrogens is 5. The third-order valence-electron chi connectivity index (χ3n) is 10.5. The van der Waals surface area contributed by atoms with Crippen molar-refractivity contribution in [3.63, 3.8) is 0 Å². The molecular formula is C43H51Cl5N20O9S5. The molecule has 5 aromatic rings. The number of thiazole rings is 4. The number of hydrazone groups is 3. The largest absolute Gasteiger partial charge is 0.365 e. The topological polar surface area (TPSA) is 348 Å². The highest BCUT2D eigenvalue weighted by molar-refractivity contribution is 8.14. The maximum absolute atomic E-state index is 10.5. The smallest absolute Gasteiger partial charge is 0.277 e. The van der Waals surface area contributed by atoms with Crippen molar-refractivity contribution in [2.75, 3.05) is 52.4 Å². The van der Waals surface area contributed by atoms with Gasteiger partial charge >= 0.3 is 0 Å². The van der Waals surface area contributed by atoms with Crippen molar-refractivity contribution in [1.29, 1.82) is 5.26 Å². The second kappa shape index (κ2) is 36.3. The van der Waals surface area contributed by atoms with E-state index in [1.807, 2.05) is 37.9 Å². The summed E-state index contributed by atoms with van der Waals surface area (Å²) in [5.41, 5.74) is 2.36. The normalized spacial score (nSPS) is 15.5. The number of pyridine rings is 1. The van der Waals surface area contributed by atoms with Gasteiger partial charge in [-0.15, -0.1) is 50.3 Å². The monoisotopic (exact) mass is 1330 g/mol. The van der Waals surface area contributed by atoms with Crippen LogP contribution in [0.4, 0.5) is 0 Å². The molecular weight excluding hydrogens is 1280 g/mol. The Kier molecular flexibility index (Phi) is 30.2. The van der Waals surface area contributed by atoms with Gasteiger partial charge in [-0.1, -0.05) is 89.7 Å². The molecule has 8 rings (SSSR count). The summed E-state index contributed by atoms with van der Waals surface area (Å²) < 4.78 is 7.17. The first kappa shape index (κ1) is 68.2. The molecule has 3 saturated heterocycles. The molecule has 0 atom stereocenters. The number of aliphatic imine (C=N–C) groups is 1. The fourth-order valence-corrected chi connectivity index (χ4v) is 11.9. The molecule has 29 nitrogen and oxygen atoms in total. The number of guanidine groups is 2. The van der Waals surface area contributed by atoms with Crippen LogP contribution in [0.2, 0.25) is 23.0 Å². The summed E-state index contributed by atoms with van der Waals surface area (Å²) in [6.45, 7) is 11.5. The third kappa shape index (κ3) is 25.5. The van der Waals surface area contributed by atoms with E-state index < -0.39 is 20.0 Å². The van der Waals surface area contributed by atoms with Crippen LogP contribution in [-0.2, 0) is 37.3 Å². The van der Waals surface area contributed by atoms with Crippen LogP contribution in [0.3, 0.4) is 0 Å². The van der Waals surface area contributed by atoms with Crippen molar-refractivity contribution in [2.24, 2.45) is 20.3 Å². The SMILES string of the molecule is CCC(=C[N+](=O)[O-])N(CC)Cc1cnc(Cl)s1.CCC(CCc1cnc(Cl)s1)=N[N+](=O)[O-].CN1COCN(Cc2cnc(Cl)s2)C1=N[N+](=O)[O-].N#CN=C1SCCN1Cc1ccc(Cl)nc1.O=[N+]([O-])N=C1NCCN1Cc1cnc(Cl)s1. The zero-order valence-corrected chi connectivity index (χ0v) is 51.7. The number of allylic oxidation sites excluding steroid dienone is 1. The number of ether oxygens (including phenoxy) is 1. The molecule has 3 aliphatic rings. The Morgan fingerprint density at radius 2 is 1.35 bits per heavy atom. The average molecular weight is 1330 g/mol. The molecule has 3 fully saturated rings. The predicted octanol–water partition coefficient (Wildman–Crippen LogP) is 9.81. The van der Waals surface area contributed by atoms with Gasteiger partial charge in [0, 0.05) is 96.0 Å². The predicted molar refractivity (Wildman–Crippen MR) is 320 cm³/mol. The van der Waals surface area contributed by atoms with E-state index in [9.17, 15) is 40.5 Å². The summed E-state index contributed by atoms with van der Waals surface area (Å²) in [7, 11) is 1.67. The lowest BCUT2D eigenvalue weighted by Crippen LogP contribution is -2.49. The molecule has 3 aliphatic heterocycles. The van der Waals surface area contributed by atoms with E-state index in [-0.39, 0.29) is 25.4 Å². The van der Waals surface area contributed by atoms with Crippen LogP contribution in [-0.4, -0.2) is 145 Å². The van der Waals surface area contributed by atoms with Gasteiger partial charge in [-0.05, 0) is 44.2 Å². The molecule has 0 aliphatic carbocycles. The van der Waals surface area contributed by atoms with Crippen LogP contribution in [0, 0.1) is 51.9 Å². The minimum absolute atomic E-state index is 0.243. The molecule has 442 valence electrons. The van der Waals surface area contributed by atoms with E-state index in [0.717, 1.165) is 55.3 Å². The molecule has 0 aromatic carbocycles. The van der Waals surface area contributed by atoms with E-state index in [1.54, 1.807) is 70.6 Å².